The largest absolute Gasteiger partial charge is 0.497 e. The van der Waals surface area contributed by atoms with Crippen molar-refractivity contribution >= 4 is 16.1 Å². The van der Waals surface area contributed by atoms with Crippen LogP contribution in [0, 0.1) is 0 Å². The number of methoxy groups -OCH3 is 1. The fourth-order valence-corrected chi connectivity index (χ4v) is 3.28. The predicted molar refractivity (Wildman–Crippen MR) is 85.6 cm³/mol. The quantitative estimate of drug-likeness (QED) is 0.316. The van der Waals surface area contributed by atoms with E-state index in [-0.39, 0.29) is 4.90 Å². The minimum atomic E-state index is -4.22. The number of amides is 2. The maximum absolute atomic E-state index is 12.2. The van der Waals surface area contributed by atoms with Gasteiger partial charge in [-0.15, -0.1) is 0 Å². The monoisotopic (exact) mass is 392 g/mol. The van der Waals surface area contributed by atoms with E-state index in [4.69, 9.17) is 14.6 Å². The smallest absolute Gasteiger partial charge is 0.329 e. The van der Waals surface area contributed by atoms with Crippen LogP contribution in [0.5, 0.6) is 5.75 Å². The van der Waals surface area contributed by atoms with Crippen molar-refractivity contribution in [3.05, 3.63) is 24.3 Å². The van der Waals surface area contributed by atoms with Crippen molar-refractivity contribution in [1.29, 1.82) is 0 Å². The Bertz CT molecular complexity index is 724. The van der Waals surface area contributed by atoms with Crippen LogP contribution in [0.3, 0.4) is 0 Å². The second kappa shape index (κ2) is 8.16. The van der Waals surface area contributed by atoms with Crippen molar-refractivity contribution in [1.82, 2.24) is 10.0 Å². The van der Waals surface area contributed by atoms with Crippen LogP contribution in [0.1, 0.15) is 0 Å². The Kier molecular flexibility index (Phi) is 6.39. The average Bonchev–Trinajstić information content (AvgIpc) is 2.61. The molecule has 0 bridgehead atoms. The van der Waals surface area contributed by atoms with Crippen LogP contribution in [0.15, 0.2) is 29.2 Å². The second-order valence-electron chi connectivity index (χ2n) is 5.51. The van der Waals surface area contributed by atoms with Crippen LogP contribution in [0.25, 0.3) is 0 Å². The number of aliphatic hydroxyl groups is 4. The van der Waals surface area contributed by atoms with Crippen LogP contribution in [0.4, 0.5) is 4.79 Å². The molecule has 1 unspecified atom stereocenters. The lowest BCUT2D eigenvalue weighted by molar-refractivity contribution is -0.252. The van der Waals surface area contributed by atoms with Crippen molar-refractivity contribution in [3.8, 4) is 5.75 Å². The highest BCUT2D eigenvalue weighted by Gasteiger charge is 2.44. The summed E-state index contributed by atoms with van der Waals surface area (Å²) in [6, 6.07) is 2.45. The highest BCUT2D eigenvalue weighted by molar-refractivity contribution is 7.90. The SMILES string of the molecule is COc1ccc(S(=O)(=O)NC(=O)N[C@H]2C(O)O[C@H](CO)[C@@H](O)[C@@H]2O)cc1. The van der Waals surface area contributed by atoms with Gasteiger partial charge < -0.3 is 35.2 Å². The maximum Gasteiger partial charge on any atom is 0.329 e. The standard InChI is InChI=1S/C14H20N2O9S/c1-24-7-2-4-8(5-3-7)26(22,23)16-14(21)15-10-12(19)11(18)9(6-17)25-13(10)20/h2-5,9-13,17-20H,6H2,1H3,(H2,15,16,21)/t9-,10-,11-,12-,13?/m1/s1. The van der Waals surface area contributed by atoms with Crippen LogP contribution < -0.4 is 14.8 Å². The van der Waals surface area contributed by atoms with E-state index in [2.05, 4.69) is 0 Å². The number of hydrogen-bond donors (Lipinski definition) is 6. The summed E-state index contributed by atoms with van der Waals surface area (Å²) in [6.45, 7) is -0.667. The van der Waals surface area contributed by atoms with Crippen LogP contribution in [-0.4, -0.2) is 79.2 Å². The summed E-state index contributed by atoms with van der Waals surface area (Å²) in [5.41, 5.74) is 0. The van der Waals surface area contributed by atoms with E-state index in [0.29, 0.717) is 5.75 Å². The summed E-state index contributed by atoms with van der Waals surface area (Å²) in [5.74, 6) is 0.423. The molecular weight excluding hydrogens is 372 g/mol. The highest BCUT2D eigenvalue weighted by Crippen LogP contribution is 2.20. The van der Waals surface area contributed by atoms with Crippen molar-refractivity contribution in [3.63, 3.8) is 0 Å². The number of rotatable bonds is 5. The van der Waals surface area contributed by atoms with E-state index in [1.54, 1.807) is 4.72 Å². The summed E-state index contributed by atoms with van der Waals surface area (Å²) >= 11 is 0. The number of carbonyl (C=O) groups excluding carboxylic acids is 1. The lowest BCUT2D eigenvalue weighted by atomic mass is 9.97. The molecule has 0 radical (unpaired) electrons. The zero-order valence-electron chi connectivity index (χ0n) is 13.6. The molecule has 2 rings (SSSR count). The van der Waals surface area contributed by atoms with Gasteiger partial charge in [-0.05, 0) is 24.3 Å². The van der Waals surface area contributed by atoms with Gasteiger partial charge in [-0.25, -0.2) is 17.9 Å². The van der Waals surface area contributed by atoms with E-state index >= 15 is 0 Å². The van der Waals surface area contributed by atoms with Gasteiger partial charge in [0, 0.05) is 0 Å². The first kappa shape index (κ1) is 20.4. The molecule has 0 spiro atoms. The van der Waals surface area contributed by atoms with E-state index < -0.39 is 53.3 Å². The molecule has 1 aliphatic rings. The molecule has 5 atom stereocenters. The zero-order valence-corrected chi connectivity index (χ0v) is 14.5. The molecule has 0 saturated carbocycles. The first-order chi connectivity index (χ1) is 12.2. The van der Waals surface area contributed by atoms with Crippen LogP contribution >= 0.6 is 0 Å². The van der Waals surface area contributed by atoms with E-state index in [1.165, 1.54) is 31.4 Å². The third-order valence-corrected chi connectivity index (χ3v) is 5.14. The summed E-state index contributed by atoms with van der Waals surface area (Å²) in [7, 11) is -2.81. The number of nitrogens with one attached hydrogen (secondary N) is 2. The number of aliphatic hydroxyl groups excluding tert-OH is 4. The first-order valence-corrected chi connectivity index (χ1v) is 8.96. The number of urea groups is 1. The summed E-state index contributed by atoms with van der Waals surface area (Å²) in [4.78, 5) is 11.7. The summed E-state index contributed by atoms with van der Waals surface area (Å²) < 4.78 is 35.8. The third kappa shape index (κ3) is 4.41. The molecule has 146 valence electrons. The molecule has 1 fully saturated rings. The summed E-state index contributed by atoms with van der Waals surface area (Å²) in [5, 5.41) is 40.5. The zero-order chi connectivity index (χ0) is 19.5. The molecule has 0 aromatic heterocycles. The molecule has 0 aliphatic carbocycles. The van der Waals surface area contributed by atoms with Crippen molar-refractivity contribution in [2.45, 2.75) is 35.5 Å². The van der Waals surface area contributed by atoms with Gasteiger partial charge in [0.05, 0.1) is 18.6 Å². The lowest BCUT2D eigenvalue weighted by Gasteiger charge is -2.40. The Morgan fingerprint density at radius 2 is 1.81 bits per heavy atom. The molecule has 6 N–H and O–H groups in total. The first-order valence-electron chi connectivity index (χ1n) is 7.47. The van der Waals surface area contributed by atoms with E-state index in [9.17, 15) is 28.5 Å². The molecule has 26 heavy (non-hydrogen) atoms. The molecule has 12 heteroatoms. The minimum absolute atomic E-state index is 0.213. The van der Waals surface area contributed by atoms with E-state index in [0.717, 1.165) is 0 Å². The Balaban J connectivity index is 2.05. The van der Waals surface area contributed by atoms with Crippen molar-refractivity contribution in [2.24, 2.45) is 0 Å². The average molecular weight is 392 g/mol. The Labute approximate surface area is 149 Å². The molecule has 1 saturated heterocycles. The van der Waals surface area contributed by atoms with Gasteiger partial charge in [-0.3, -0.25) is 0 Å². The van der Waals surface area contributed by atoms with Crippen LogP contribution in [-0.2, 0) is 14.8 Å². The molecule has 2 amide bonds. The number of sulfonamides is 1. The normalized spacial score (nSPS) is 29.0. The van der Waals surface area contributed by atoms with Gasteiger partial charge in [-0.2, -0.15) is 0 Å². The van der Waals surface area contributed by atoms with Gasteiger partial charge >= 0.3 is 6.03 Å². The molecule has 1 aromatic rings. The molecule has 1 aliphatic heterocycles. The number of benzene rings is 1. The van der Waals surface area contributed by atoms with Gasteiger partial charge in [0.2, 0.25) is 0 Å². The predicted octanol–water partition coefficient (Wildman–Crippen LogP) is -2.52. The van der Waals surface area contributed by atoms with Gasteiger partial charge in [-0.1, -0.05) is 0 Å². The molecule has 1 heterocycles. The number of hydrogen-bond acceptors (Lipinski definition) is 9. The third-order valence-electron chi connectivity index (χ3n) is 3.79. The van der Waals surface area contributed by atoms with Gasteiger partial charge in [0.15, 0.2) is 6.29 Å². The summed E-state index contributed by atoms with van der Waals surface area (Å²) in [6.07, 6.45) is -6.29. The molecule has 1 aromatic carbocycles. The Morgan fingerprint density at radius 3 is 2.35 bits per heavy atom. The maximum atomic E-state index is 12.2. The lowest BCUT2D eigenvalue weighted by Crippen LogP contribution is -2.65. The fraction of sp³-hybridized carbons (Fsp3) is 0.500. The van der Waals surface area contributed by atoms with Crippen molar-refractivity contribution < 1.29 is 43.1 Å². The molecule has 11 nitrogen and oxygen atoms in total. The van der Waals surface area contributed by atoms with Gasteiger partial charge in [0.25, 0.3) is 10.0 Å². The molecular formula is C14H20N2O9S. The van der Waals surface area contributed by atoms with Crippen molar-refractivity contribution in [2.75, 3.05) is 13.7 Å². The highest BCUT2D eigenvalue weighted by atomic mass is 32.2. The Hall–Kier alpha value is -1.96. The topological polar surface area (TPSA) is 175 Å². The van der Waals surface area contributed by atoms with Crippen LogP contribution in [0.2, 0.25) is 0 Å². The fourth-order valence-electron chi connectivity index (χ4n) is 2.37. The van der Waals surface area contributed by atoms with E-state index in [1.807, 2.05) is 5.32 Å². The second-order valence-corrected chi connectivity index (χ2v) is 7.19. The Morgan fingerprint density at radius 1 is 1.19 bits per heavy atom. The number of carbonyl (C=O) groups is 1. The number of ether oxygens (including phenoxy) is 2. The minimum Gasteiger partial charge on any atom is -0.497 e. The van der Waals surface area contributed by atoms with Gasteiger partial charge in [0.1, 0.15) is 30.1 Å².